The van der Waals surface area contributed by atoms with E-state index in [1.807, 2.05) is 0 Å². The maximum absolute atomic E-state index is 14.0. The van der Waals surface area contributed by atoms with Gasteiger partial charge in [-0.25, -0.2) is 21.6 Å². The summed E-state index contributed by atoms with van der Waals surface area (Å²) in [5, 5.41) is 2.96. The van der Waals surface area contributed by atoms with Crippen LogP contribution in [-0.2, 0) is 20.4 Å². The van der Waals surface area contributed by atoms with Crippen LogP contribution in [0.15, 0.2) is 63.2 Å². The molecule has 11 heteroatoms. The van der Waals surface area contributed by atoms with Gasteiger partial charge in [-0.2, -0.15) is 0 Å². The topological polar surface area (TPSA) is 63.2 Å². The number of halogens is 5. The lowest BCUT2D eigenvalue weighted by Gasteiger charge is -2.20. The third-order valence-corrected chi connectivity index (χ3v) is 8.15. The van der Waals surface area contributed by atoms with Crippen LogP contribution < -0.4 is 5.32 Å². The van der Waals surface area contributed by atoms with Gasteiger partial charge in [0.2, 0.25) is 0 Å². The van der Waals surface area contributed by atoms with Gasteiger partial charge >= 0.3 is 0 Å². The first-order chi connectivity index (χ1) is 15.5. The van der Waals surface area contributed by atoms with Gasteiger partial charge in [-0.05, 0) is 36.4 Å². The number of thioether (sulfide) groups is 1. The van der Waals surface area contributed by atoms with Gasteiger partial charge in [0.25, 0.3) is 5.91 Å². The maximum atomic E-state index is 14.0. The summed E-state index contributed by atoms with van der Waals surface area (Å²) < 4.78 is 67.2. The SMILES string of the molecule is O=C1Nc2ccc(S(=O)(=O)Cc3c(Cl)cccc3Cl)cc2S/C1=C/c1c(F)cc(F)cc1F. The lowest BCUT2D eigenvalue weighted by molar-refractivity contribution is -0.112. The van der Waals surface area contributed by atoms with Gasteiger partial charge in [0.1, 0.15) is 17.5 Å². The average molecular weight is 530 g/mol. The number of anilines is 1. The van der Waals surface area contributed by atoms with Crippen molar-refractivity contribution >= 4 is 62.5 Å². The molecule has 0 saturated carbocycles. The Hall–Kier alpha value is -2.46. The summed E-state index contributed by atoms with van der Waals surface area (Å²) in [6.07, 6.45) is 0.942. The van der Waals surface area contributed by atoms with Crippen molar-refractivity contribution in [1.29, 1.82) is 0 Å². The number of hydrogen-bond acceptors (Lipinski definition) is 4. The maximum Gasteiger partial charge on any atom is 0.262 e. The highest BCUT2D eigenvalue weighted by Crippen LogP contribution is 2.41. The van der Waals surface area contributed by atoms with Crippen LogP contribution in [0.2, 0.25) is 10.0 Å². The molecule has 0 radical (unpaired) electrons. The zero-order valence-corrected chi connectivity index (χ0v) is 19.5. The minimum atomic E-state index is -3.88. The Bertz CT molecular complexity index is 1400. The van der Waals surface area contributed by atoms with Crippen molar-refractivity contribution < 1.29 is 26.4 Å². The summed E-state index contributed by atoms with van der Waals surface area (Å²) in [4.78, 5) is 12.6. The van der Waals surface area contributed by atoms with Crippen LogP contribution in [0.1, 0.15) is 11.1 Å². The predicted octanol–water partition coefficient (Wildman–Crippen LogP) is 6.47. The van der Waals surface area contributed by atoms with E-state index in [2.05, 4.69) is 5.32 Å². The third kappa shape index (κ3) is 4.91. The third-order valence-electron chi connectivity index (χ3n) is 4.72. The molecule has 170 valence electrons. The normalized spacial score (nSPS) is 14.8. The summed E-state index contributed by atoms with van der Waals surface area (Å²) >= 11 is 13.0. The van der Waals surface area contributed by atoms with E-state index in [1.54, 1.807) is 6.07 Å². The molecule has 3 aromatic carbocycles. The van der Waals surface area contributed by atoms with Crippen LogP contribution in [-0.4, -0.2) is 14.3 Å². The Morgan fingerprint density at radius 2 is 1.61 bits per heavy atom. The zero-order valence-electron chi connectivity index (χ0n) is 16.3. The highest BCUT2D eigenvalue weighted by molar-refractivity contribution is 8.04. The first-order valence-electron chi connectivity index (χ1n) is 9.20. The molecule has 33 heavy (non-hydrogen) atoms. The van der Waals surface area contributed by atoms with E-state index >= 15 is 0 Å². The van der Waals surface area contributed by atoms with E-state index < -0.39 is 44.5 Å². The second kappa shape index (κ2) is 9.06. The van der Waals surface area contributed by atoms with E-state index in [9.17, 15) is 26.4 Å². The number of benzene rings is 3. The van der Waals surface area contributed by atoms with Crippen LogP contribution in [0.4, 0.5) is 18.9 Å². The molecule has 1 aliphatic rings. The van der Waals surface area contributed by atoms with Crippen LogP contribution in [0, 0.1) is 17.5 Å². The van der Waals surface area contributed by atoms with Gasteiger partial charge in [-0.15, -0.1) is 0 Å². The molecule has 0 spiro atoms. The minimum absolute atomic E-state index is 0.0561. The Kier molecular flexibility index (Phi) is 6.50. The summed E-state index contributed by atoms with van der Waals surface area (Å²) in [7, 11) is -3.88. The molecule has 4 nitrogen and oxygen atoms in total. The molecule has 4 rings (SSSR count). The van der Waals surface area contributed by atoms with Gasteiger partial charge < -0.3 is 5.32 Å². The highest BCUT2D eigenvalue weighted by atomic mass is 35.5. The second-order valence-corrected chi connectivity index (χ2v) is 10.9. The standard InChI is InChI=1S/C22H12Cl2F3NO3S2/c23-15-2-1-3-16(24)14(15)10-33(30,31)12-4-5-19-20(8-12)32-21(22(29)28-19)9-13-17(26)6-11(25)7-18(13)27/h1-9H,10H2,(H,28,29)/b21-9+. The van der Waals surface area contributed by atoms with Gasteiger partial charge in [0.15, 0.2) is 9.84 Å². The van der Waals surface area contributed by atoms with Crippen molar-refractivity contribution in [1.82, 2.24) is 0 Å². The first kappa shape index (κ1) is 23.7. The Labute approximate surface area is 201 Å². The number of carbonyl (C=O) groups is 1. The molecule has 0 atom stereocenters. The van der Waals surface area contributed by atoms with E-state index in [1.165, 1.54) is 30.3 Å². The molecule has 1 amide bonds. The van der Waals surface area contributed by atoms with Crippen LogP contribution >= 0.6 is 35.0 Å². The molecular formula is C22H12Cl2F3NO3S2. The summed E-state index contributed by atoms with van der Waals surface area (Å²) in [6, 6.07) is 9.73. The first-order valence-corrected chi connectivity index (χ1v) is 12.4. The number of sulfone groups is 1. The molecule has 0 fully saturated rings. The van der Waals surface area contributed by atoms with Gasteiger partial charge in [0, 0.05) is 38.2 Å². The molecule has 1 heterocycles. The number of fused-ring (bicyclic) bond motifs is 1. The number of hydrogen-bond donors (Lipinski definition) is 1. The lowest BCUT2D eigenvalue weighted by atomic mass is 10.1. The Morgan fingerprint density at radius 1 is 0.970 bits per heavy atom. The van der Waals surface area contributed by atoms with Crippen molar-refractivity contribution in [2.75, 3.05) is 5.32 Å². The molecule has 0 aliphatic carbocycles. The largest absolute Gasteiger partial charge is 0.320 e. The molecule has 0 aromatic heterocycles. The van der Waals surface area contributed by atoms with Crippen molar-refractivity contribution in [2.45, 2.75) is 15.5 Å². The van der Waals surface area contributed by atoms with Crippen LogP contribution in [0.3, 0.4) is 0 Å². The summed E-state index contributed by atoms with van der Waals surface area (Å²) in [5.41, 5.74) is -0.00563. The fraction of sp³-hybridized carbons (Fsp3) is 0.0455. The number of amides is 1. The van der Waals surface area contributed by atoms with E-state index in [4.69, 9.17) is 23.2 Å². The minimum Gasteiger partial charge on any atom is -0.320 e. The average Bonchev–Trinajstić information content (AvgIpc) is 2.73. The molecular weight excluding hydrogens is 518 g/mol. The van der Waals surface area contributed by atoms with E-state index in [-0.39, 0.29) is 25.4 Å². The van der Waals surface area contributed by atoms with E-state index in [0.717, 1.165) is 17.8 Å². The summed E-state index contributed by atoms with van der Waals surface area (Å²) in [5.74, 6) is -4.53. The molecule has 3 aromatic rings. The van der Waals surface area contributed by atoms with Crippen LogP contribution in [0.5, 0.6) is 0 Å². The van der Waals surface area contributed by atoms with Gasteiger partial charge in [-0.3, -0.25) is 4.79 Å². The smallest absolute Gasteiger partial charge is 0.262 e. The fourth-order valence-corrected chi connectivity index (χ4v) is 6.26. The number of nitrogens with one attached hydrogen (secondary N) is 1. The van der Waals surface area contributed by atoms with E-state index in [0.29, 0.717) is 22.7 Å². The van der Waals surface area contributed by atoms with Crippen molar-refractivity contribution in [3.8, 4) is 0 Å². The Balaban J connectivity index is 1.69. The zero-order chi connectivity index (χ0) is 23.9. The predicted molar refractivity (Wildman–Crippen MR) is 123 cm³/mol. The van der Waals surface area contributed by atoms with Crippen LogP contribution in [0.25, 0.3) is 6.08 Å². The number of carbonyl (C=O) groups excluding carboxylic acids is 1. The number of rotatable bonds is 4. The van der Waals surface area contributed by atoms with Crippen molar-refractivity contribution in [2.24, 2.45) is 0 Å². The van der Waals surface area contributed by atoms with Gasteiger partial charge in [0.05, 0.1) is 21.2 Å². The van der Waals surface area contributed by atoms with Crippen molar-refractivity contribution in [3.63, 3.8) is 0 Å². The highest BCUT2D eigenvalue weighted by Gasteiger charge is 2.26. The quantitative estimate of drug-likeness (QED) is 0.393. The molecule has 1 aliphatic heterocycles. The lowest BCUT2D eigenvalue weighted by Crippen LogP contribution is -2.18. The fourth-order valence-electron chi connectivity index (χ4n) is 3.09. The second-order valence-electron chi connectivity index (χ2n) is 6.97. The molecule has 0 bridgehead atoms. The van der Waals surface area contributed by atoms with Gasteiger partial charge in [-0.1, -0.05) is 41.0 Å². The summed E-state index contributed by atoms with van der Waals surface area (Å²) in [6.45, 7) is 0. The molecule has 1 N–H and O–H groups in total. The monoisotopic (exact) mass is 529 g/mol. The van der Waals surface area contributed by atoms with Crippen molar-refractivity contribution in [3.05, 3.63) is 92.1 Å². The molecule has 0 saturated heterocycles. The Morgan fingerprint density at radius 3 is 2.24 bits per heavy atom. The molecule has 0 unspecified atom stereocenters.